The molecule has 5 rings (SSSR count). The monoisotopic (exact) mass is 330 g/mol. The van der Waals surface area contributed by atoms with E-state index in [0.717, 1.165) is 29.6 Å². The molecule has 0 nitrogen and oxygen atoms in total. The minimum absolute atomic E-state index is 0.633. The predicted octanol–water partition coefficient (Wildman–Crippen LogP) is 5.29. The molecule has 4 aliphatic rings. The molecule has 1 heteroatoms. The summed E-state index contributed by atoms with van der Waals surface area (Å²) in [6.45, 7) is 0. The summed E-state index contributed by atoms with van der Waals surface area (Å²) < 4.78 is 0. The van der Waals surface area contributed by atoms with Crippen molar-refractivity contribution in [3.8, 4) is 0 Å². The van der Waals surface area contributed by atoms with Gasteiger partial charge in [0.2, 0.25) is 0 Å². The lowest BCUT2D eigenvalue weighted by molar-refractivity contribution is 0.456. The van der Waals surface area contributed by atoms with Gasteiger partial charge in [-0.3, -0.25) is 0 Å². The van der Waals surface area contributed by atoms with Crippen molar-refractivity contribution in [1.29, 1.82) is 0 Å². The van der Waals surface area contributed by atoms with E-state index in [9.17, 15) is 0 Å². The topological polar surface area (TPSA) is 0 Å². The third-order valence-corrected chi connectivity index (χ3v) is 7.96. The Kier molecular flexibility index (Phi) is 2.67. The summed E-state index contributed by atoms with van der Waals surface area (Å²) in [6, 6.07) is 7.37. The van der Waals surface area contributed by atoms with Gasteiger partial charge in [-0.05, 0) is 91.2 Å². The molecule has 3 fully saturated rings. The number of hydrogen-bond acceptors (Lipinski definition) is 0. The number of fused-ring (bicyclic) bond motifs is 6. The number of benzene rings is 1. The Morgan fingerprint density at radius 3 is 2.40 bits per heavy atom. The smallest absolute Gasteiger partial charge is 0.0429 e. The summed E-state index contributed by atoms with van der Waals surface area (Å²) in [5.74, 6) is 5.30. The molecule has 106 valence electrons. The fraction of sp³-hybridized carbons (Fsp3) is 0.684. The van der Waals surface area contributed by atoms with E-state index < -0.39 is 0 Å². The molecule has 5 unspecified atom stereocenters. The van der Waals surface area contributed by atoms with Crippen LogP contribution < -0.4 is 0 Å². The summed E-state index contributed by atoms with van der Waals surface area (Å²) in [4.78, 5) is 0.633. The van der Waals surface area contributed by atoms with Gasteiger partial charge in [-0.15, -0.1) is 0 Å². The van der Waals surface area contributed by atoms with E-state index in [1.165, 1.54) is 38.5 Å². The van der Waals surface area contributed by atoms with E-state index >= 15 is 0 Å². The first-order valence-electron chi connectivity index (χ1n) is 8.59. The van der Waals surface area contributed by atoms with Gasteiger partial charge >= 0.3 is 0 Å². The maximum absolute atomic E-state index is 4.08. The molecule has 0 amide bonds. The first kappa shape index (κ1) is 12.3. The molecule has 0 radical (unpaired) electrons. The third-order valence-electron chi connectivity index (χ3n) is 6.82. The van der Waals surface area contributed by atoms with Crippen LogP contribution in [0, 0.1) is 29.6 Å². The lowest BCUT2D eigenvalue weighted by Crippen LogP contribution is -2.07. The lowest BCUT2D eigenvalue weighted by atomic mass is 9.88. The van der Waals surface area contributed by atoms with Gasteiger partial charge in [-0.1, -0.05) is 34.1 Å². The van der Waals surface area contributed by atoms with Gasteiger partial charge in [0.05, 0.1) is 0 Å². The molecule has 0 heterocycles. The normalized spacial score (nSPS) is 42.1. The van der Waals surface area contributed by atoms with E-state index in [0.29, 0.717) is 4.83 Å². The summed E-state index contributed by atoms with van der Waals surface area (Å²) in [6.07, 6.45) is 10.0. The summed E-state index contributed by atoms with van der Waals surface area (Å²) >= 11 is 4.08. The molecule has 5 atom stereocenters. The quantitative estimate of drug-likeness (QED) is 0.646. The Morgan fingerprint density at radius 1 is 0.950 bits per heavy atom. The van der Waals surface area contributed by atoms with E-state index in [1.807, 2.05) is 0 Å². The highest BCUT2D eigenvalue weighted by atomic mass is 79.9. The molecular formula is C19H23Br. The van der Waals surface area contributed by atoms with E-state index in [1.54, 1.807) is 23.1 Å². The largest absolute Gasteiger partial charge is 0.0836 e. The molecule has 1 aromatic carbocycles. The molecular weight excluding hydrogens is 308 g/mol. The van der Waals surface area contributed by atoms with Crippen LogP contribution in [0.15, 0.2) is 18.2 Å². The molecule has 0 aliphatic heterocycles. The Labute approximate surface area is 130 Å². The Bertz CT molecular complexity index is 533. The van der Waals surface area contributed by atoms with Gasteiger partial charge in [0, 0.05) is 4.83 Å². The third kappa shape index (κ3) is 1.65. The maximum Gasteiger partial charge on any atom is 0.0429 e. The predicted molar refractivity (Wildman–Crippen MR) is 86.1 cm³/mol. The van der Waals surface area contributed by atoms with Gasteiger partial charge in [0.15, 0.2) is 0 Å². The van der Waals surface area contributed by atoms with Crippen molar-refractivity contribution in [3.63, 3.8) is 0 Å². The second-order valence-corrected chi connectivity index (χ2v) is 8.69. The zero-order valence-corrected chi connectivity index (χ0v) is 13.6. The van der Waals surface area contributed by atoms with Crippen molar-refractivity contribution in [2.45, 2.75) is 49.8 Å². The Balaban J connectivity index is 1.41. The van der Waals surface area contributed by atoms with Crippen LogP contribution >= 0.6 is 15.9 Å². The van der Waals surface area contributed by atoms with Crippen molar-refractivity contribution in [2.24, 2.45) is 29.6 Å². The lowest BCUT2D eigenvalue weighted by Gasteiger charge is -2.20. The van der Waals surface area contributed by atoms with Crippen molar-refractivity contribution in [3.05, 3.63) is 34.9 Å². The van der Waals surface area contributed by atoms with Crippen molar-refractivity contribution in [2.75, 3.05) is 0 Å². The number of rotatable bonds is 2. The van der Waals surface area contributed by atoms with Crippen LogP contribution in [0.2, 0.25) is 0 Å². The van der Waals surface area contributed by atoms with Crippen molar-refractivity contribution in [1.82, 2.24) is 0 Å². The Hall–Kier alpha value is -0.300. The summed E-state index contributed by atoms with van der Waals surface area (Å²) in [5, 5.41) is 0. The van der Waals surface area contributed by atoms with Crippen LogP contribution in [0.5, 0.6) is 0 Å². The molecule has 3 saturated carbocycles. The number of alkyl halides is 1. The van der Waals surface area contributed by atoms with Gasteiger partial charge < -0.3 is 0 Å². The van der Waals surface area contributed by atoms with E-state index in [4.69, 9.17) is 0 Å². The number of halogens is 1. The highest BCUT2D eigenvalue weighted by molar-refractivity contribution is 9.09. The van der Waals surface area contributed by atoms with Gasteiger partial charge in [0.1, 0.15) is 0 Å². The van der Waals surface area contributed by atoms with Crippen molar-refractivity contribution < 1.29 is 0 Å². The second kappa shape index (κ2) is 4.35. The fourth-order valence-electron chi connectivity index (χ4n) is 5.93. The molecule has 4 aliphatic carbocycles. The van der Waals surface area contributed by atoms with E-state index in [-0.39, 0.29) is 0 Å². The fourth-order valence-corrected chi connectivity index (χ4v) is 6.92. The van der Waals surface area contributed by atoms with Crippen molar-refractivity contribution >= 4 is 15.9 Å². The standard InChI is InChI=1S/C19H23Br/c20-19(18-16-13-6-7-14(10-13)17(16)18)15-8-5-11-3-1-2-4-12(11)9-15/h5,8-9,13-14,16-19H,1-4,6-7,10H2. The SMILES string of the molecule is BrC(c1ccc2c(c1)CCCC2)C1C2C3CCC(C3)C21. The molecule has 0 N–H and O–H groups in total. The molecule has 0 saturated heterocycles. The molecule has 1 aromatic rings. The first-order chi connectivity index (χ1) is 9.83. The Morgan fingerprint density at radius 2 is 1.65 bits per heavy atom. The van der Waals surface area contributed by atoms with Gasteiger partial charge in [-0.25, -0.2) is 0 Å². The number of hydrogen-bond donors (Lipinski definition) is 0. The maximum atomic E-state index is 4.08. The average Bonchev–Trinajstić information content (AvgIpc) is 2.93. The van der Waals surface area contributed by atoms with Crippen LogP contribution in [-0.2, 0) is 12.8 Å². The minimum atomic E-state index is 0.633. The molecule has 0 aromatic heterocycles. The highest BCUT2D eigenvalue weighted by Crippen LogP contribution is 2.73. The highest BCUT2D eigenvalue weighted by Gasteiger charge is 2.66. The summed E-state index contributed by atoms with van der Waals surface area (Å²) in [7, 11) is 0. The molecule has 20 heavy (non-hydrogen) atoms. The zero-order chi connectivity index (χ0) is 13.3. The van der Waals surface area contributed by atoms with Gasteiger partial charge in [-0.2, -0.15) is 0 Å². The van der Waals surface area contributed by atoms with Crippen LogP contribution in [0.1, 0.15) is 53.6 Å². The number of aryl methyl sites for hydroxylation is 2. The van der Waals surface area contributed by atoms with Gasteiger partial charge in [0.25, 0.3) is 0 Å². The van der Waals surface area contributed by atoms with Crippen LogP contribution in [0.4, 0.5) is 0 Å². The molecule has 0 spiro atoms. The van der Waals surface area contributed by atoms with Crippen LogP contribution in [0.3, 0.4) is 0 Å². The molecule has 2 bridgehead atoms. The van der Waals surface area contributed by atoms with Crippen LogP contribution in [-0.4, -0.2) is 0 Å². The first-order valence-corrected chi connectivity index (χ1v) is 9.50. The minimum Gasteiger partial charge on any atom is -0.0836 e. The van der Waals surface area contributed by atoms with E-state index in [2.05, 4.69) is 34.1 Å². The average molecular weight is 331 g/mol. The zero-order valence-electron chi connectivity index (χ0n) is 12.0. The summed E-state index contributed by atoms with van der Waals surface area (Å²) in [5.41, 5.74) is 4.84. The van der Waals surface area contributed by atoms with Crippen LogP contribution in [0.25, 0.3) is 0 Å². The second-order valence-electron chi connectivity index (χ2n) is 7.70.